The van der Waals surface area contributed by atoms with Gasteiger partial charge in [-0.05, 0) is 31.6 Å². The summed E-state index contributed by atoms with van der Waals surface area (Å²) in [4.78, 5) is 14.1. The summed E-state index contributed by atoms with van der Waals surface area (Å²) in [6, 6.07) is 2.33. The van der Waals surface area contributed by atoms with Crippen LogP contribution in [-0.4, -0.2) is 39.9 Å². The van der Waals surface area contributed by atoms with Gasteiger partial charge in [0.25, 0.3) is 0 Å². The maximum atomic E-state index is 12.1. The molecule has 0 saturated heterocycles. The van der Waals surface area contributed by atoms with Crippen molar-refractivity contribution in [3.05, 3.63) is 23.6 Å². The molecule has 0 aromatic rings. The van der Waals surface area contributed by atoms with Crippen molar-refractivity contribution in [3.8, 4) is 6.07 Å². The van der Waals surface area contributed by atoms with Crippen LogP contribution < -0.4 is 0 Å². The summed E-state index contributed by atoms with van der Waals surface area (Å²) in [5.74, 6) is 0.313. The fraction of sp³-hybridized carbons (Fsp3) is 0.625. The van der Waals surface area contributed by atoms with Crippen molar-refractivity contribution < 1.29 is 14.0 Å². The standard InChI is InChI=1S/C16H24N2O3Si/c1-18-9-12-7-13(21-22(3,4)5)6-11(8-17)15(12)14(10-18)16(19)20-2/h6,10-12,15H,7,9H2,1-5H3/t11-,12+,15+/m0/s1. The lowest BCUT2D eigenvalue weighted by atomic mass is 9.70. The van der Waals surface area contributed by atoms with Crippen LogP contribution in [-0.2, 0) is 14.0 Å². The molecule has 1 aliphatic heterocycles. The van der Waals surface area contributed by atoms with E-state index in [4.69, 9.17) is 9.16 Å². The van der Waals surface area contributed by atoms with Crippen LogP contribution in [0.2, 0.25) is 19.6 Å². The van der Waals surface area contributed by atoms with Crippen LogP contribution in [0.5, 0.6) is 0 Å². The number of rotatable bonds is 3. The molecule has 0 radical (unpaired) electrons. The summed E-state index contributed by atoms with van der Waals surface area (Å²) in [7, 11) is 1.62. The fourth-order valence-corrected chi connectivity index (χ4v) is 4.25. The summed E-state index contributed by atoms with van der Waals surface area (Å²) < 4.78 is 11.0. The van der Waals surface area contributed by atoms with Crippen LogP contribution >= 0.6 is 0 Å². The molecule has 5 nitrogen and oxygen atoms in total. The number of methoxy groups -OCH3 is 1. The van der Waals surface area contributed by atoms with Crippen LogP contribution in [0.4, 0.5) is 0 Å². The van der Waals surface area contributed by atoms with Gasteiger partial charge in [0.2, 0.25) is 8.32 Å². The van der Waals surface area contributed by atoms with Crippen molar-refractivity contribution in [2.24, 2.45) is 17.8 Å². The first-order chi connectivity index (χ1) is 10.2. The van der Waals surface area contributed by atoms with E-state index in [0.717, 1.165) is 18.7 Å². The Morgan fingerprint density at radius 3 is 2.68 bits per heavy atom. The van der Waals surface area contributed by atoms with E-state index in [2.05, 4.69) is 25.7 Å². The highest BCUT2D eigenvalue weighted by atomic mass is 28.4. The molecule has 0 N–H and O–H groups in total. The topological polar surface area (TPSA) is 62.6 Å². The number of esters is 1. The number of hydrogen-bond acceptors (Lipinski definition) is 5. The molecule has 2 aliphatic rings. The van der Waals surface area contributed by atoms with Gasteiger partial charge < -0.3 is 14.1 Å². The van der Waals surface area contributed by atoms with Crippen molar-refractivity contribution in [2.75, 3.05) is 20.7 Å². The average Bonchev–Trinajstić information content (AvgIpc) is 2.42. The van der Waals surface area contributed by atoms with Crippen LogP contribution in [0.15, 0.2) is 23.6 Å². The maximum Gasteiger partial charge on any atom is 0.335 e. The molecular formula is C16H24N2O3Si. The molecule has 0 bridgehead atoms. The molecule has 6 heteroatoms. The summed E-state index contributed by atoms with van der Waals surface area (Å²) >= 11 is 0. The Hall–Kier alpha value is -1.74. The van der Waals surface area contributed by atoms with E-state index >= 15 is 0 Å². The normalized spacial score (nSPS) is 28.0. The minimum atomic E-state index is -1.70. The Balaban J connectivity index is 2.35. The third kappa shape index (κ3) is 3.53. The first kappa shape index (κ1) is 16.6. The number of carbonyl (C=O) groups is 1. The Labute approximate surface area is 133 Å². The van der Waals surface area contributed by atoms with E-state index in [-0.39, 0.29) is 23.7 Å². The van der Waals surface area contributed by atoms with E-state index in [1.54, 1.807) is 0 Å². The molecule has 120 valence electrons. The van der Waals surface area contributed by atoms with E-state index in [1.165, 1.54) is 7.11 Å². The zero-order chi connectivity index (χ0) is 16.5. The summed E-state index contributed by atoms with van der Waals surface area (Å²) in [6.07, 6.45) is 4.49. The van der Waals surface area contributed by atoms with Gasteiger partial charge in [0.1, 0.15) is 0 Å². The minimum absolute atomic E-state index is 0.109. The molecule has 0 aromatic carbocycles. The molecule has 3 atom stereocenters. The fourth-order valence-electron chi connectivity index (χ4n) is 3.32. The SMILES string of the molecule is COC(=O)C1=CN(C)C[C@H]2CC(O[Si](C)(C)C)=C[C@@H](C#N)[C@@H]12. The molecule has 22 heavy (non-hydrogen) atoms. The molecule has 0 unspecified atom stereocenters. The number of nitriles is 1. The maximum absolute atomic E-state index is 12.1. The summed E-state index contributed by atoms with van der Waals surface area (Å²) in [5.41, 5.74) is 0.594. The van der Waals surface area contributed by atoms with E-state index in [0.29, 0.717) is 5.57 Å². The zero-order valence-corrected chi connectivity index (χ0v) is 14.9. The van der Waals surface area contributed by atoms with Crippen molar-refractivity contribution >= 4 is 14.3 Å². The third-order valence-corrected chi connectivity index (χ3v) is 4.85. The lowest BCUT2D eigenvalue weighted by Gasteiger charge is -2.41. The van der Waals surface area contributed by atoms with Gasteiger partial charge in [-0.15, -0.1) is 0 Å². The Kier molecular flexibility index (Phi) is 4.66. The van der Waals surface area contributed by atoms with Crippen molar-refractivity contribution in [1.82, 2.24) is 4.90 Å². The van der Waals surface area contributed by atoms with Crippen molar-refractivity contribution in [3.63, 3.8) is 0 Å². The molecule has 0 spiro atoms. The van der Waals surface area contributed by atoms with Gasteiger partial charge in [0.05, 0.1) is 30.4 Å². The zero-order valence-electron chi connectivity index (χ0n) is 13.9. The van der Waals surface area contributed by atoms with Gasteiger partial charge >= 0.3 is 5.97 Å². The van der Waals surface area contributed by atoms with Gasteiger partial charge in [0, 0.05) is 32.1 Å². The quantitative estimate of drug-likeness (QED) is 0.590. The third-order valence-electron chi connectivity index (χ3n) is 3.97. The number of carbonyl (C=O) groups excluding carboxylic acids is 1. The smallest absolute Gasteiger partial charge is 0.335 e. The highest BCUT2D eigenvalue weighted by Crippen LogP contribution is 2.42. The number of fused-ring (bicyclic) bond motifs is 1. The number of hydrogen-bond donors (Lipinski definition) is 0. The number of ether oxygens (including phenoxy) is 1. The Morgan fingerprint density at radius 2 is 2.14 bits per heavy atom. The molecule has 0 amide bonds. The van der Waals surface area contributed by atoms with E-state index in [1.807, 2.05) is 24.2 Å². The average molecular weight is 320 g/mol. The monoisotopic (exact) mass is 320 g/mol. The highest BCUT2D eigenvalue weighted by molar-refractivity contribution is 6.70. The van der Waals surface area contributed by atoms with Gasteiger partial charge in [-0.2, -0.15) is 5.26 Å². The number of allylic oxidation sites excluding steroid dienone is 2. The molecular weight excluding hydrogens is 296 g/mol. The summed E-state index contributed by atoms with van der Waals surface area (Å²) in [5, 5.41) is 9.55. The lowest BCUT2D eigenvalue weighted by molar-refractivity contribution is -0.137. The minimum Gasteiger partial charge on any atom is -0.548 e. The van der Waals surface area contributed by atoms with Crippen LogP contribution in [0.25, 0.3) is 0 Å². The lowest BCUT2D eigenvalue weighted by Crippen LogP contribution is -2.42. The first-order valence-electron chi connectivity index (χ1n) is 7.54. The Morgan fingerprint density at radius 1 is 1.45 bits per heavy atom. The van der Waals surface area contributed by atoms with Gasteiger partial charge in [-0.1, -0.05) is 0 Å². The molecule has 1 heterocycles. The largest absolute Gasteiger partial charge is 0.548 e. The summed E-state index contributed by atoms with van der Waals surface area (Å²) in [6.45, 7) is 7.21. The molecule has 0 saturated carbocycles. The van der Waals surface area contributed by atoms with Crippen LogP contribution in [0.1, 0.15) is 6.42 Å². The van der Waals surface area contributed by atoms with Gasteiger partial charge in [-0.3, -0.25) is 0 Å². The molecule has 2 rings (SSSR count). The van der Waals surface area contributed by atoms with Crippen LogP contribution in [0.3, 0.4) is 0 Å². The molecule has 0 aromatic heterocycles. The number of nitrogens with zero attached hydrogens (tertiary/aromatic N) is 2. The predicted octanol–water partition coefficient (Wildman–Crippen LogP) is 2.50. The second-order valence-corrected chi connectivity index (χ2v) is 11.4. The van der Waals surface area contributed by atoms with Gasteiger partial charge in [0.15, 0.2) is 0 Å². The second kappa shape index (κ2) is 6.17. The van der Waals surface area contributed by atoms with Crippen LogP contribution in [0, 0.1) is 29.1 Å². The molecule has 1 aliphatic carbocycles. The van der Waals surface area contributed by atoms with E-state index < -0.39 is 8.32 Å². The molecule has 0 fully saturated rings. The van der Waals surface area contributed by atoms with Crippen molar-refractivity contribution in [2.45, 2.75) is 26.1 Å². The van der Waals surface area contributed by atoms with Crippen molar-refractivity contribution in [1.29, 1.82) is 5.26 Å². The predicted molar refractivity (Wildman–Crippen MR) is 85.9 cm³/mol. The second-order valence-electron chi connectivity index (χ2n) is 7.01. The van der Waals surface area contributed by atoms with Gasteiger partial charge in [-0.25, -0.2) is 4.79 Å². The highest BCUT2D eigenvalue weighted by Gasteiger charge is 2.42. The Bertz CT molecular complexity index is 557. The first-order valence-corrected chi connectivity index (χ1v) is 11.0. The van der Waals surface area contributed by atoms with E-state index in [9.17, 15) is 10.1 Å².